The summed E-state index contributed by atoms with van der Waals surface area (Å²) < 4.78 is 32.1. The molecule has 1 amide bonds. The predicted octanol–water partition coefficient (Wildman–Crippen LogP) is 3.09. The van der Waals surface area contributed by atoms with Crippen LogP contribution in [0.2, 0.25) is 5.02 Å². The zero-order valence-corrected chi connectivity index (χ0v) is 16.7. The highest BCUT2D eigenvalue weighted by molar-refractivity contribution is 7.89. The van der Waals surface area contributed by atoms with E-state index in [-0.39, 0.29) is 29.5 Å². The molecule has 2 aromatic rings. The van der Waals surface area contributed by atoms with Crippen LogP contribution < -0.4 is 9.46 Å². The minimum absolute atomic E-state index is 0.0175. The van der Waals surface area contributed by atoms with Crippen molar-refractivity contribution >= 4 is 27.5 Å². The molecule has 0 saturated carbocycles. The Kier molecular flexibility index (Phi) is 7.01. The minimum Gasteiger partial charge on any atom is -0.496 e. The molecule has 0 atom stereocenters. The monoisotopic (exact) mass is 408 g/mol. The van der Waals surface area contributed by atoms with Gasteiger partial charge in [0.25, 0.3) is 5.91 Å². The van der Waals surface area contributed by atoms with Crippen LogP contribution in [-0.4, -0.2) is 39.9 Å². The van der Waals surface area contributed by atoms with Crippen molar-refractivity contribution in [2.75, 3.05) is 20.7 Å². The van der Waals surface area contributed by atoms with Gasteiger partial charge in [0.05, 0.1) is 12.0 Å². The summed E-state index contributed by atoms with van der Waals surface area (Å²) in [5, 5.41) is 0.535. The summed E-state index contributed by atoms with van der Waals surface area (Å²) in [6.45, 7) is 3.84. The van der Waals surface area contributed by atoms with E-state index in [1.54, 1.807) is 38.4 Å². The maximum absolute atomic E-state index is 12.7. The number of hydrogen-bond acceptors (Lipinski definition) is 4. The van der Waals surface area contributed by atoms with E-state index in [0.29, 0.717) is 10.8 Å². The molecule has 0 bridgehead atoms. The Morgan fingerprint density at radius 1 is 1.30 bits per heavy atom. The Balaban J connectivity index is 2.24. The molecule has 6 nitrogen and oxygen atoms in total. The molecule has 0 aliphatic rings. The molecule has 0 saturated heterocycles. The molecule has 144 valence electrons. The summed E-state index contributed by atoms with van der Waals surface area (Å²) >= 11 is 6.03. The first-order chi connectivity index (χ1) is 12.8. The van der Waals surface area contributed by atoms with Gasteiger partial charge in [-0.25, -0.2) is 13.1 Å². The summed E-state index contributed by atoms with van der Waals surface area (Å²) in [6.07, 6.45) is 1.44. The highest BCUT2D eigenvalue weighted by Gasteiger charge is 2.18. The van der Waals surface area contributed by atoms with Gasteiger partial charge < -0.3 is 9.64 Å². The molecule has 2 rings (SSSR count). The van der Waals surface area contributed by atoms with Gasteiger partial charge >= 0.3 is 0 Å². The lowest BCUT2D eigenvalue weighted by molar-refractivity contribution is 0.0784. The van der Waals surface area contributed by atoms with Gasteiger partial charge in [-0.05, 0) is 36.4 Å². The lowest BCUT2D eigenvalue weighted by atomic mass is 10.1. The second kappa shape index (κ2) is 9.03. The standard InChI is InChI=1S/C19H21ClN2O4S/c1-4-10-21-27(24,25)17-7-5-6-14(12-17)19(23)22(2)13-15-11-16(20)8-9-18(15)26-3/h4-9,11-12,21H,1,10,13H2,2-3H3. The van der Waals surface area contributed by atoms with Crippen molar-refractivity contribution in [3.05, 3.63) is 71.3 Å². The summed E-state index contributed by atoms with van der Waals surface area (Å²) in [6, 6.07) is 11.0. The highest BCUT2D eigenvalue weighted by Crippen LogP contribution is 2.24. The predicted molar refractivity (Wildman–Crippen MR) is 106 cm³/mol. The number of ether oxygens (including phenoxy) is 1. The zero-order chi connectivity index (χ0) is 20.0. The maximum atomic E-state index is 12.7. The van der Waals surface area contributed by atoms with Gasteiger partial charge in [-0.2, -0.15) is 0 Å². The van der Waals surface area contributed by atoms with Gasteiger partial charge in [-0.3, -0.25) is 4.79 Å². The van der Waals surface area contributed by atoms with E-state index in [1.165, 1.54) is 29.2 Å². The number of amides is 1. The van der Waals surface area contributed by atoms with E-state index in [0.717, 1.165) is 5.56 Å². The molecular formula is C19H21ClN2O4S. The SMILES string of the molecule is C=CCNS(=O)(=O)c1cccc(C(=O)N(C)Cc2cc(Cl)ccc2OC)c1. The Morgan fingerprint density at radius 2 is 2.04 bits per heavy atom. The fraction of sp³-hybridized carbons (Fsp3) is 0.211. The number of carbonyl (C=O) groups is 1. The minimum atomic E-state index is -3.71. The molecule has 0 aliphatic heterocycles. The lowest BCUT2D eigenvalue weighted by Gasteiger charge is -2.19. The molecule has 8 heteroatoms. The Hall–Kier alpha value is -2.35. The van der Waals surface area contributed by atoms with Gasteiger partial charge in [0.2, 0.25) is 10.0 Å². The molecule has 1 N–H and O–H groups in total. The number of hydrogen-bond donors (Lipinski definition) is 1. The molecule has 2 aromatic carbocycles. The van der Waals surface area contributed by atoms with Crippen LogP contribution in [0.3, 0.4) is 0 Å². The fourth-order valence-electron chi connectivity index (χ4n) is 2.47. The van der Waals surface area contributed by atoms with Gasteiger partial charge in [0.1, 0.15) is 5.75 Å². The molecule has 0 heterocycles. The van der Waals surface area contributed by atoms with Crippen molar-refractivity contribution in [3.8, 4) is 5.75 Å². The Bertz CT molecular complexity index is 944. The second-order valence-electron chi connectivity index (χ2n) is 5.79. The number of nitrogens with one attached hydrogen (secondary N) is 1. The molecule has 0 aromatic heterocycles. The number of halogens is 1. The number of sulfonamides is 1. The lowest BCUT2D eigenvalue weighted by Crippen LogP contribution is -2.27. The van der Waals surface area contributed by atoms with E-state index < -0.39 is 10.0 Å². The quantitative estimate of drug-likeness (QED) is 0.681. The average Bonchev–Trinajstić information content (AvgIpc) is 2.66. The van der Waals surface area contributed by atoms with Crippen LogP contribution in [0.4, 0.5) is 0 Å². The topological polar surface area (TPSA) is 75.7 Å². The molecular weight excluding hydrogens is 388 g/mol. The van der Waals surface area contributed by atoms with Crippen LogP contribution in [-0.2, 0) is 16.6 Å². The smallest absolute Gasteiger partial charge is 0.253 e. The Morgan fingerprint density at radius 3 is 2.70 bits per heavy atom. The fourth-order valence-corrected chi connectivity index (χ4v) is 3.71. The van der Waals surface area contributed by atoms with Crippen LogP contribution in [0.1, 0.15) is 15.9 Å². The number of nitrogens with zero attached hydrogens (tertiary/aromatic N) is 1. The first kappa shape index (κ1) is 21.0. The zero-order valence-electron chi connectivity index (χ0n) is 15.1. The largest absolute Gasteiger partial charge is 0.496 e. The van der Waals surface area contributed by atoms with Gasteiger partial charge in [0.15, 0.2) is 0 Å². The maximum Gasteiger partial charge on any atom is 0.253 e. The van der Waals surface area contributed by atoms with Crippen molar-refractivity contribution in [3.63, 3.8) is 0 Å². The Labute approximate surface area is 164 Å². The summed E-state index contributed by atoms with van der Waals surface area (Å²) in [7, 11) is -0.543. The number of carbonyl (C=O) groups excluding carboxylic acids is 1. The van der Waals surface area contributed by atoms with Gasteiger partial charge in [0, 0.05) is 36.3 Å². The van der Waals surface area contributed by atoms with E-state index in [1.807, 2.05) is 0 Å². The van der Waals surface area contributed by atoms with Crippen LogP contribution in [0, 0.1) is 0 Å². The number of methoxy groups -OCH3 is 1. The first-order valence-electron chi connectivity index (χ1n) is 8.07. The van der Waals surface area contributed by atoms with Crippen LogP contribution in [0.5, 0.6) is 5.75 Å². The van der Waals surface area contributed by atoms with Crippen molar-refractivity contribution in [2.45, 2.75) is 11.4 Å². The highest BCUT2D eigenvalue weighted by atomic mass is 35.5. The van der Waals surface area contributed by atoms with Crippen molar-refractivity contribution in [1.29, 1.82) is 0 Å². The normalized spacial score (nSPS) is 11.1. The van der Waals surface area contributed by atoms with E-state index >= 15 is 0 Å². The third-order valence-electron chi connectivity index (χ3n) is 3.81. The van der Waals surface area contributed by atoms with Crippen molar-refractivity contribution in [2.24, 2.45) is 0 Å². The van der Waals surface area contributed by atoms with Crippen LogP contribution >= 0.6 is 11.6 Å². The number of rotatable bonds is 8. The van der Waals surface area contributed by atoms with Crippen LogP contribution in [0.15, 0.2) is 60.0 Å². The number of benzene rings is 2. The third-order valence-corrected chi connectivity index (χ3v) is 5.46. The van der Waals surface area contributed by atoms with E-state index in [4.69, 9.17) is 16.3 Å². The summed E-state index contributed by atoms with van der Waals surface area (Å²) in [4.78, 5) is 14.2. The molecule has 27 heavy (non-hydrogen) atoms. The second-order valence-corrected chi connectivity index (χ2v) is 7.99. The third kappa shape index (κ3) is 5.32. The van der Waals surface area contributed by atoms with Gasteiger partial charge in [-0.1, -0.05) is 23.7 Å². The average molecular weight is 409 g/mol. The summed E-state index contributed by atoms with van der Waals surface area (Å²) in [5.41, 5.74) is 1.01. The molecule has 0 unspecified atom stereocenters. The van der Waals surface area contributed by atoms with Gasteiger partial charge in [-0.15, -0.1) is 6.58 Å². The molecule has 0 aliphatic carbocycles. The molecule has 0 fully saturated rings. The molecule has 0 radical (unpaired) electrons. The first-order valence-corrected chi connectivity index (χ1v) is 9.93. The van der Waals surface area contributed by atoms with E-state index in [2.05, 4.69) is 11.3 Å². The van der Waals surface area contributed by atoms with Crippen LogP contribution in [0.25, 0.3) is 0 Å². The summed E-state index contributed by atoms with van der Waals surface area (Å²) in [5.74, 6) is 0.293. The van der Waals surface area contributed by atoms with Crippen molar-refractivity contribution in [1.82, 2.24) is 9.62 Å². The molecule has 0 spiro atoms. The van der Waals surface area contributed by atoms with E-state index in [9.17, 15) is 13.2 Å². The van der Waals surface area contributed by atoms with Crippen molar-refractivity contribution < 1.29 is 17.9 Å².